The zero-order valence-electron chi connectivity index (χ0n) is 7.76. The molecule has 0 amide bonds. The highest BCUT2D eigenvalue weighted by atomic mass is 15.3. The molecule has 0 unspecified atom stereocenters. The summed E-state index contributed by atoms with van der Waals surface area (Å²) in [7, 11) is 1.80. The van der Waals surface area contributed by atoms with Crippen molar-refractivity contribution in [3.63, 3.8) is 0 Å². The normalized spacial score (nSPS) is 11.4. The number of hydrazone groups is 1. The Morgan fingerprint density at radius 1 is 1.25 bits per heavy atom. The molecule has 0 spiro atoms. The van der Waals surface area contributed by atoms with E-state index >= 15 is 0 Å². The third-order valence-electron chi connectivity index (χ3n) is 1.75. The molecule has 0 aliphatic carbocycles. The maximum atomic E-state index is 4.09. The number of rotatable bonds is 2. The fourth-order valence-corrected chi connectivity index (χ4v) is 1.03. The van der Waals surface area contributed by atoms with E-state index in [2.05, 4.69) is 41.7 Å². The molecule has 1 rings (SSSR count). The molecule has 0 atom stereocenters. The van der Waals surface area contributed by atoms with Crippen LogP contribution in [-0.4, -0.2) is 12.8 Å². The van der Waals surface area contributed by atoms with E-state index in [1.807, 2.05) is 6.92 Å². The van der Waals surface area contributed by atoms with Crippen molar-refractivity contribution >= 4 is 5.71 Å². The Morgan fingerprint density at radius 3 is 2.33 bits per heavy atom. The highest BCUT2D eigenvalue weighted by Gasteiger charge is 1.94. The molecule has 0 fully saturated rings. The van der Waals surface area contributed by atoms with Crippen LogP contribution >= 0.6 is 0 Å². The van der Waals surface area contributed by atoms with Crippen LogP contribution in [0, 0.1) is 6.92 Å². The topological polar surface area (TPSA) is 24.4 Å². The van der Waals surface area contributed by atoms with E-state index in [1.54, 1.807) is 7.05 Å². The van der Waals surface area contributed by atoms with E-state index in [-0.39, 0.29) is 0 Å². The van der Waals surface area contributed by atoms with Gasteiger partial charge in [-0.1, -0.05) is 29.8 Å². The number of hydrogen-bond acceptors (Lipinski definition) is 2. The highest BCUT2D eigenvalue weighted by Crippen LogP contribution is 2.03. The Morgan fingerprint density at radius 2 is 1.83 bits per heavy atom. The van der Waals surface area contributed by atoms with E-state index < -0.39 is 0 Å². The van der Waals surface area contributed by atoms with Crippen LogP contribution < -0.4 is 5.43 Å². The smallest absolute Gasteiger partial charge is 0.0644 e. The van der Waals surface area contributed by atoms with Gasteiger partial charge in [-0.2, -0.15) is 5.10 Å². The van der Waals surface area contributed by atoms with E-state index in [9.17, 15) is 0 Å². The Balaban J connectivity index is 2.89. The molecule has 0 aliphatic heterocycles. The lowest BCUT2D eigenvalue weighted by Crippen LogP contribution is -2.02. The fraction of sp³-hybridized carbons (Fsp3) is 0.300. The molecule has 1 N–H and O–H groups in total. The summed E-state index contributed by atoms with van der Waals surface area (Å²) in [6.45, 7) is 4.06. The Labute approximate surface area is 73.3 Å². The van der Waals surface area contributed by atoms with Gasteiger partial charge >= 0.3 is 0 Å². The van der Waals surface area contributed by atoms with Crippen molar-refractivity contribution in [2.75, 3.05) is 7.05 Å². The Bertz CT molecular complexity index is 272. The maximum Gasteiger partial charge on any atom is 0.0644 e. The van der Waals surface area contributed by atoms with Crippen molar-refractivity contribution in [1.29, 1.82) is 0 Å². The summed E-state index contributed by atoms with van der Waals surface area (Å²) in [6, 6.07) is 8.32. The lowest BCUT2D eigenvalue weighted by molar-refractivity contribution is 0.900. The molecular formula is C10H14N2. The molecule has 0 saturated heterocycles. The summed E-state index contributed by atoms with van der Waals surface area (Å²) in [5.74, 6) is 0. The summed E-state index contributed by atoms with van der Waals surface area (Å²) in [5.41, 5.74) is 6.22. The molecule has 0 radical (unpaired) electrons. The van der Waals surface area contributed by atoms with Crippen LogP contribution in [0.5, 0.6) is 0 Å². The van der Waals surface area contributed by atoms with Crippen LogP contribution in [0.4, 0.5) is 0 Å². The van der Waals surface area contributed by atoms with Gasteiger partial charge in [0, 0.05) is 7.05 Å². The van der Waals surface area contributed by atoms with Gasteiger partial charge in [-0.05, 0) is 19.4 Å². The molecule has 1 aromatic carbocycles. The van der Waals surface area contributed by atoms with Crippen molar-refractivity contribution in [2.24, 2.45) is 5.10 Å². The number of hydrogen-bond donors (Lipinski definition) is 1. The lowest BCUT2D eigenvalue weighted by atomic mass is 10.1. The first-order valence-electron chi connectivity index (χ1n) is 4.02. The number of aryl methyl sites for hydroxylation is 1. The van der Waals surface area contributed by atoms with Gasteiger partial charge in [-0.3, -0.25) is 0 Å². The van der Waals surface area contributed by atoms with Crippen molar-refractivity contribution in [1.82, 2.24) is 5.43 Å². The molecule has 64 valence electrons. The molecule has 1 aromatic rings. The highest BCUT2D eigenvalue weighted by molar-refractivity contribution is 5.98. The summed E-state index contributed by atoms with van der Waals surface area (Å²) < 4.78 is 0. The summed E-state index contributed by atoms with van der Waals surface area (Å²) in [4.78, 5) is 0. The molecule has 0 bridgehead atoms. The molecule has 0 heterocycles. The van der Waals surface area contributed by atoms with Crippen molar-refractivity contribution in [2.45, 2.75) is 13.8 Å². The van der Waals surface area contributed by atoms with Crippen LogP contribution in [0.25, 0.3) is 0 Å². The average molecular weight is 162 g/mol. The molecule has 2 heteroatoms. The van der Waals surface area contributed by atoms with E-state index in [0.717, 1.165) is 11.3 Å². The van der Waals surface area contributed by atoms with Gasteiger partial charge in [0.05, 0.1) is 5.71 Å². The largest absolute Gasteiger partial charge is 0.313 e. The van der Waals surface area contributed by atoms with Gasteiger partial charge in [0.15, 0.2) is 0 Å². The van der Waals surface area contributed by atoms with Crippen LogP contribution in [-0.2, 0) is 0 Å². The molecule has 0 saturated carbocycles. The van der Waals surface area contributed by atoms with Crippen molar-refractivity contribution < 1.29 is 0 Å². The molecule has 12 heavy (non-hydrogen) atoms. The third-order valence-corrected chi connectivity index (χ3v) is 1.75. The second kappa shape index (κ2) is 3.90. The lowest BCUT2D eigenvalue weighted by Gasteiger charge is -2.00. The minimum atomic E-state index is 1.01. The molecule has 2 nitrogen and oxygen atoms in total. The number of nitrogens with one attached hydrogen (secondary N) is 1. The first kappa shape index (κ1) is 8.78. The predicted octanol–water partition coefficient (Wildman–Crippen LogP) is 1.94. The van der Waals surface area contributed by atoms with Crippen LogP contribution in [0.1, 0.15) is 18.1 Å². The quantitative estimate of drug-likeness (QED) is 0.521. The Hall–Kier alpha value is -1.31. The number of benzene rings is 1. The van der Waals surface area contributed by atoms with Crippen LogP contribution in [0.2, 0.25) is 0 Å². The summed E-state index contributed by atoms with van der Waals surface area (Å²) >= 11 is 0. The average Bonchev–Trinajstić information content (AvgIpc) is 2.06. The third kappa shape index (κ3) is 2.09. The first-order valence-corrected chi connectivity index (χ1v) is 4.02. The van der Waals surface area contributed by atoms with E-state index in [1.165, 1.54) is 5.56 Å². The van der Waals surface area contributed by atoms with E-state index in [4.69, 9.17) is 0 Å². The molecule has 0 aromatic heterocycles. The van der Waals surface area contributed by atoms with Gasteiger partial charge in [0.25, 0.3) is 0 Å². The summed E-state index contributed by atoms with van der Waals surface area (Å²) in [5, 5.41) is 4.09. The zero-order chi connectivity index (χ0) is 8.97. The van der Waals surface area contributed by atoms with Gasteiger partial charge < -0.3 is 5.43 Å². The van der Waals surface area contributed by atoms with Gasteiger partial charge in [0.1, 0.15) is 0 Å². The monoisotopic (exact) mass is 162 g/mol. The molecular weight excluding hydrogens is 148 g/mol. The van der Waals surface area contributed by atoms with E-state index in [0.29, 0.717) is 0 Å². The predicted molar refractivity (Wildman–Crippen MR) is 52.4 cm³/mol. The zero-order valence-corrected chi connectivity index (χ0v) is 7.76. The maximum absolute atomic E-state index is 4.09. The standard InChI is InChI=1S/C10H14N2/c1-8-4-6-10(7-5-8)9(2)12-11-3/h4-7,11H,1-3H3. The minimum absolute atomic E-state index is 1.01. The SMILES string of the molecule is CNN=C(C)c1ccc(C)cc1. The Kier molecular flexibility index (Phi) is 2.86. The van der Waals surface area contributed by atoms with Crippen LogP contribution in [0.15, 0.2) is 29.4 Å². The van der Waals surface area contributed by atoms with Crippen molar-refractivity contribution in [3.05, 3.63) is 35.4 Å². The molecule has 0 aliphatic rings. The van der Waals surface area contributed by atoms with Gasteiger partial charge in [-0.25, -0.2) is 0 Å². The first-order chi connectivity index (χ1) is 5.74. The van der Waals surface area contributed by atoms with Gasteiger partial charge in [0.2, 0.25) is 0 Å². The summed E-state index contributed by atoms with van der Waals surface area (Å²) in [6.07, 6.45) is 0. The van der Waals surface area contributed by atoms with Crippen LogP contribution in [0.3, 0.4) is 0 Å². The second-order valence-corrected chi connectivity index (χ2v) is 2.79. The minimum Gasteiger partial charge on any atom is -0.313 e. The van der Waals surface area contributed by atoms with Crippen molar-refractivity contribution in [3.8, 4) is 0 Å². The fourth-order valence-electron chi connectivity index (χ4n) is 1.03. The van der Waals surface area contributed by atoms with Gasteiger partial charge in [-0.15, -0.1) is 0 Å². The number of nitrogens with zero attached hydrogens (tertiary/aromatic N) is 1. The second-order valence-electron chi connectivity index (χ2n) is 2.79.